The molecule has 2 aliphatic heterocycles. The number of piperidine rings is 1. The van der Waals surface area contributed by atoms with Crippen LogP contribution in [0.15, 0.2) is 30.3 Å². The van der Waals surface area contributed by atoms with E-state index in [2.05, 4.69) is 4.90 Å². The molecule has 0 bridgehead atoms. The molecule has 148 valence electrons. The first kappa shape index (κ1) is 18.1. The molecule has 3 nitrogen and oxygen atoms in total. The number of fused-ring (bicyclic) bond motifs is 2. The van der Waals surface area contributed by atoms with Crippen molar-refractivity contribution < 1.29 is 18.6 Å². The maximum atomic E-state index is 14.1. The summed E-state index contributed by atoms with van der Waals surface area (Å²) in [5.74, 6) is 0.749. The molecule has 2 heterocycles. The Bertz CT molecular complexity index is 892. The van der Waals surface area contributed by atoms with Crippen molar-refractivity contribution in [3.05, 3.63) is 64.2 Å². The van der Waals surface area contributed by atoms with E-state index in [1.165, 1.54) is 6.07 Å². The van der Waals surface area contributed by atoms with Crippen LogP contribution in [-0.2, 0) is 12.8 Å². The SMILES string of the molecule is OC1c2ccc(F)cc2CC1N1CCC(c2cc(F)cc3c2OCCC3)CC1. The second-order valence-electron chi connectivity index (χ2n) is 8.30. The fourth-order valence-electron chi connectivity index (χ4n) is 5.23. The third kappa shape index (κ3) is 3.11. The van der Waals surface area contributed by atoms with Crippen LogP contribution in [0.3, 0.4) is 0 Å². The van der Waals surface area contributed by atoms with Gasteiger partial charge in [-0.2, -0.15) is 0 Å². The van der Waals surface area contributed by atoms with Crippen LogP contribution in [0.2, 0.25) is 0 Å². The van der Waals surface area contributed by atoms with Gasteiger partial charge in [0, 0.05) is 11.6 Å². The average Bonchev–Trinajstić information content (AvgIpc) is 3.03. The molecule has 3 aliphatic rings. The Balaban J connectivity index is 1.31. The van der Waals surface area contributed by atoms with Gasteiger partial charge in [-0.3, -0.25) is 4.90 Å². The molecule has 5 rings (SSSR count). The molecule has 1 saturated heterocycles. The first-order valence-corrected chi connectivity index (χ1v) is 10.3. The largest absolute Gasteiger partial charge is 0.493 e. The second kappa shape index (κ2) is 7.12. The summed E-state index contributed by atoms with van der Waals surface area (Å²) in [7, 11) is 0. The van der Waals surface area contributed by atoms with Crippen molar-refractivity contribution in [1.29, 1.82) is 0 Å². The van der Waals surface area contributed by atoms with Crippen molar-refractivity contribution in [2.24, 2.45) is 0 Å². The minimum Gasteiger partial charge on any atom is -0.493 e. The highest BCUT2D eigenvalue weighted by Gasteiger charge is 2.37. The zero-order valence-electron chi connectivity index (χ0n) is 15.8. The Morgan fingerprint density at radius 3 is 2.57 bits per heavy atom. The van der Waals surface area contributed by atoms with E-state index in [0.29, 0.717) is 13.0 Å². The maximum absolute atomic E-state index is 14.1. The number of aryl methyl sites for hydroxylation is 1. The molecular weight excluding hydrogens is 360 g/mol. The predicted octanol–water partition coefficient (Wildman–Crippen LogP) is 4.13. The van der Waals surface area contributed by atoms with Gasteiger partial charge in [0.05, 0.1) is 12.7 Å². The van der Waals surface area contributed by atoms with Crippen LogP contribution in [-0.4, -0.2) is 35.7 Å². The predicted molar refractivity (Wildman–Crippen MR) is 103 cm³/mol. The molecule has 1 fully saturated rings. The summed E-state index contributed by atoms with van der Waals surface area (Å²) in [5, 5.41) is 10.7. The molecule has 2 unspecified atom stereocenters. The standard InChI is InChI=1S/C23H25F2NO2/c24-17-3-4-19-16(11-17)12-21(22(19)27)26-7-5-14(6-8-26)20-13-18(25)10-15-2-1-9-28-23(15)20/h3-4,10-11,13-14,21-22,27H,1-2,5-9,12H2. The van der Waals surface area contributed by atoms with Crippen molar-refractivity contribution >= 4 is 0 Å². The summed E-state index contributed by atoms with van der Waals surface area (Å²) in [6, 6.07) is 7.92. The average molecular weight is 385 g/mol. The zero-order chi connectivity index (χ0) is 19.3. The third-order valence-electron chi connectivity index (χ3n) is 6.65. The lowest BCUT2D eigenvalue weighted by Gasteiger charge is -2.38. The zero-order valence-corrected chi connectivity index (χ0v) is 15.8. The van der Waals surface area contributed by atoms with Crippen LogP contribution >= 0.6 is 0 Å². The summed E-state index contributed by atoms with van der Waals surface area (Å²) in [5.41, 5.74) is 3.76. The molecule has 2 aromatic carbocycles. The number of hydrogen-bond acceptors (Lipinski definition) is 3. The number of aliphatic hydroxyl groups excluding tert-OH is 1. The summed E-state index contributed by atoms with van der Waals surface area (Å²) < 4.78 is 33.6. The van der Waals surface area contributed by atoms with Crippen LogP contribution in [0.1, 0.15) is 53.5 Å². The molecule has 0 radical (unpaired) electrons. The van der Waals surface area contributed by atoms with E-state index in [1.54, 1.807) is 24.3 Å². The van der Waals surface area contributed by atoms with E-state index in [1.807, 2.05) is 0 Å². The highest BCUT2D eigenvalue weighted by atomic mass is 19.1. The fourth-order valence-corrected chi connectivity index (χ4v) is 5.23. The lowest BCUT2D eigenvalue weighted by atomic mass is 9.86. The molecule has 2 aromatic rings. The van der Waals surface area contributed by atoms with Gasteiger partial charge in [0.25, 0.3) is 0 Å². The monoisotopic (exact) mass is 385 g/mol. The number of rotatable bonds is 2. The van der Waals surface area contributed by atoms with Gasteiger partial charge < -0.3 is 9.84 Å². The summed E-state index contributed by atoms with van der Waals surface area (Å²) >= 11 is 0. The Kier molecular flexibility index (Phi) is 4.60. The maximum Gasteiger partial charge on any atom is 0.126 e. The van der Waals surface area contributed by atoms with Crippen LogP contribution in [0.5, 0.6) is 5.75 Å². The van der Waals surface area contributed by atoms with E-state index < -0.39 is 6.10 Å². The van der Waals surface area contributed by atoms with Crippen molar-refractivity contribution in [2.75, 3.05) is 19.7 Å². The number of nitrogens with zero attached hydrogens (tertiary/aromatic N) is 1. The van der Waals surface area contributed by atoms with Gasteiger partial charge in [0.15, 0.2) is 0 Å². The summed E-state index contributed by atoms with van der Waals surface area (Å²) in [4.78, 5) is 2.31. The van der Waals surface area contributed by atoms with Crippen molar-refractivity contribution in [2.45, 2.75) is 50.2 Å². The third-order valence-corrected chi connectivity index (χ3v) is 6.65. The minimum atomic E-state index is -0.572. The number of halogens is 2. The Hall–Kier alpha value is -1.98. The number of ether oxygens (including phenoxy) is 1. The highest BCUT2D eigenvalue weighted by molar-refractivity contribution is 5.45. The smallest absolute Gasteiger partial charge is 0.126 e. The highest BCUT2D eigenvalue weighted by Crippen LogP contribution is 2.41. The number of likely N-dealkylation sites (tertiary alicyclic amines) is 1. The van der Waals surface area contributed by atoms with Crippen molar-refractivity contribution in [3.63, 3.8) is 0 Å². The van der Waals surface area contributed by atoms with E-state index in [4.69, 9.17) is 4.74 Å². The molecule has 0 amide bonds. The summed E-state index contributed by atoms with van der Waals surface area (Å²) in [6.45, 7) is 2.38. The minimum absolute atomic E-state index is 0.00424. The quantitative estimate of drug-likeness (QED) is 0.844. The fraction of sp³-hybridized carbons (Fsp3) is 0.478. The lowest BCUT2D eigenvalue weighted by molar-refractivity contribution is 0.0455. The van der Waals surface area contributed by atoms with Crippen molar-refractivity contribution in [1.82, 2.24) is 4.90 Å². The van der Waals surface area contributed by atoms with E-state index >= 15 is 0 Å². The van der Waals surface area contributed by atoms with Gasteiger partial charge in [-0.1, -0.05) is 6.07 Å². The van der Waals surface area contributed by atoms with Gasteiger partial charge in [-0.25, -0.2) is 8.78 Å². The topological polar surface area (TPSA) is 32.7 Å². The molecule has 1 N–H and O–H groups in total. The molecule has 0 spiro atoms. The molecule has 2 atom stereocenters. The molecule has 0 saturated carbocycles. The Labute approximate surface area is 163 Å². The number of benzene rings is 2. The van der Waals surface area contributed by atoms with E-state index in [9.17, 15) is 13.9 Å². The molecular formula is C23H25F2NO2. The second-order valence-corrected chi connectivity index (χ2v) is 8.30. The first-order valence-electron chi connectivity index (χ1n) is 10.3. The van der Waals surface area contributed by atoms with E-state index in [0.717, 1.165) is 66.8 Å². The normalized spacial score (nSPS) is 25.2. The van der Waals surface area contributed by atoms with Gasteiger partial charge in [0.2, 0.25) is 0 Å². The van der Waals surface area contributed by atoms with Crippen LogP contribution in [0.25, 0.3) is 0 Å². The Morgan fingerprint density at radius 1 is 0.964 bits per heavy atom. The molecule has 5 heteroatoms. The van der Waals surface area contributed by atoms with Gasteiger partial charge in [-0.05, 0) is 92.1 Å². The number of hydrogen-bond donors (Lipinski definition) is 1. The molecule has 1 aliphatic carbocycles. The Morgan fingerprint density at radius 2 is 1.75 bits per heavy atom. The first-order chi connectivity index (χ1) is 13.6. The van der Waals surface area contributed by atoms with E-state index in [-0.39, 0.29) is 23.6 Å². The molecule has 28 heavy (non-hydrogen) atoms. The van der Waals surface area contributed by atoms with Crippen LogP contribution < -0.4 is 4.74 Å². The molecule has 0 aromatic heterocycles. The number of aliphatic hydroxyl groups is 1. The summed E-state index contributed by atoms with van der Waals surface area (Å²) in [6.07, 6.45) is 3.74. The van der Waals surface area contributed by atoms with Gasteiger partial charge in [0.1, 0.15) is 17.4 Å². The van der Waals surface area contributed by atoms with Crippen LogP contribution in [0, 0.1) is 11.6 Å². The van der Waals surface area contributed by atoms with Gasteiger partial charge in [-0.15, -0.1) is 0 Å². The van der Waals surface area contributed by atoms with Crippen LogP contribution in [0.4, 0.5) is 8.78 Å². The van der Waals surface area contributed by atoms with Crippen molar-refractivity contribution in [3.8, 4) is 5.75 Å². The lowest BCUT2D eigenvalue weighted by Crippen LogP contribution is -2.43. The van der Waals surface area contributed by atoms with Gasteiger partial charge >= 0.3 is 0 Å².